The van der Waals surface area contributed by atoms with E-state index in [0.29, 0.717) is 6.42 Å². The minimum absolute atomic E-state index is 0.196. The number of nitrogens with zero attached hydrogens (tertiary/aromatic N) is 1. The van der Waals surface area contributed by atoms with Crippen molar-refractivity contribution in [2.45, 2.75) is 25.9 Å². The van der Waals surface area contributed by atoms with E-state index >= 15 is 0 Å². The van der Waals surface area contributed by atoms with Gasteiger partial charge < -0.3 is 16.3 Å². The fourth-order valence-corrected chi connectivity index (χ4v) is 2.55. The minimum atomic E-state index is 0.196. The first kappa shape index (κ1) is 12.5. The molecule has 1 heterocycles. The quantitative estimate of drug-likeness (QED) is 0.337. The zero-order valence-electron chi connectivity index (χ0n) is 8.40. The van der Waals surface area contributed by atoms with Crippen LogP contribution in [-0.2, 0) is 6.54 Å². The van der Waals surface area contributed by atoms with Crippen molar-refractivity contribution in [3.63, 3.8) is 0 Å². The number of rotatable bonds is 5. The van der Waals surface area contributed by atoms with Crippen molar-refractivity contribution >= 4 is 33.1 Å². The number of amidine groups is 1. The van der Waals surface area contributed by atoms with Gasteiger partial charge in [0.2, 0.25) is 0 Å². The zero-order valence-corrected chi connectivity index (χ0v) is 10.8. The van der Waals surface area contributed by atoms with Gasteiger partial charge in [-0.2, -0.15) is 0 Å². The minimum Gasteiger partial charge on any atom is -0.409 e. The summed E-state index contributed by atoms with van der Waals surface area (Å²) >= 11 is 5.10. The summed E-state index contributed by atoms with van der Waals surface area (Å²) in [6.45, 7) is 2.80. The van der Waals surface area contributed by atoms with Gasteiger partial charge in [-0.3, -0.25) is 0 Å². The van der Waals surface area contributed by atoms with Crippen LogP contribution in [0.2, 0.25) is 0 Å². The van der Waals surface area contributed by atoms with Crippen molar-refractivity contribution in [3.05, 3.63) is 20.8 Å². The van der Waals surface area contributed by atoms with Crippen molar-refractivity contribution in [1.82, 2.24) is 5.32 Å². The topological polar surface area (TPSA) is 70.6 Å². The lowest BCUT2D eigenvalue weighted by Crippen LogP contribution is -2.30. The van der Waals surface area contributed by atoms with Gasteiger partial charge in [-0.05, 0) is 28.9 Å². The van der Waals surface area contributed by atoms with E-state index in [1.54, 1.807) is 11.3 Å². The van der Waals surface area contributed by atoms with Crippen LogP contribution in [-0.4, -0.2) is 17.1 Å². The smallest absolute Gasteiger partial charge is 0.140 e. The van der Waals surface area contributed by atoms with Gasteiger partial charge in [0.25, 0.3) is 0 Å². The molecular formula is C9H14BrN3OS. The summed E-state index contributed by atoms with van der Waals surface area (Å²) in [7, 11) is 0. The Morgan fingerprint density at radius 1 is 1.80 bits per heavy atom. The van der Waals surface area contributed by atoms with Crippen molar-refractivity contribution < 1.29 is 5.21 Å². The maximum absolute atomic E-state index is 8.40. The summed E-state index contributed by atoms with van der Waals surface area (Å²) in [5, 5.41) is 16.7. The summed E-state index contributed by atoms with van der Waals surface area (Å²) in [4.78, 5) is 1.26. The third-order valence-corrected chi connectivity index (χ3v) is 3.59. The molecule has 1 rings (SSSR count). The molecule has 0 saturated heterocycles. The second-order valence-electron chi connectivity index (χ2n) is 3.31. The Labute approximate surface area is 101 Å². The molecule has 4 nitrogen and oxygen atoms in total. The first-order chi connectivity index (χ1) is 7.11. The highest BCUT2D eigenvalue weighted by molar-refractivity contribution is 9.10. The van der Waals surface area contributed by atoms with Crippen LogP contribution in [0.4, 0.5) is 0 Å². The fraction of sp³-hybridized carbons (Fsp3) is 0.444. The lowest BCUT2D eigenvalue weighted by molar-refractivity contribution is 0.316. The number of nitrogens with one attached hydrogen (secondary N) is 1. The predicted molar refractivity (Wildman–Crippen MR) is 66.3 cm³/mol. The van der Waals surface area contributed by atoms with Crippen LogP contribution in [0.25, 0.3) is 0 Å². The third kappa shape index (κ3) is 4.63. The first-order valence-corrected chi connectivity index (χ1v) is 6.21. The van der Waals surface area contributed by atoms with E-state index in [0.717, 1.165) is 11.0 Å². The Hall–Kier alpha value is -0.590. The average Bonchev–Trinajstić information content (AvgIpc) is 2.61. The Bertz CT molecular complexity index is 340. The maximum atomic E-state index is 8.40. The van der Waals surface area contributed by atoms with Crippen LogP contribution in [0.15, 0.2) is 21.1 Å². The zero-order chi connectivity index (χ0) is 11.3. The molecule has 1 aromatic heterocycles. The molecule has 15 heavy (non-hydrogen) atoms. The van der Waals surface area contributed by atoms with E-state index in [2.05, 4.69) is 32.5 Å². The van der Waals surface area contributed by atoms with Crippen LogP contribution < -0.4 is 11.1 Å². The highest BCUT2D eigenvalue weighted by Gasteiger charge is 2.05. The van der Waals surface area contributed by atoms with Crippen molar-refractivity contribution in [2.24, 2.45) is 10.9 Å². The van der Waals surface area contributed by atoms with E-state index in [9.17, 15) is 0 Å². The lowest BCUT2D eigenvalue weighted by atomic mass is 10.2. The standard InChI is InChI=1S/C9H14BrN3OS/c1-6(2-9(11)13-14)12-4-8-3-7(10)5-15-8/h3,5-6,12,14H,2,4H2,1H3,(H2,11,13). The molecule has 0 saturated carbocycles. The molecule has 0 spiro atoms. The normalized spacial score (nSPS) is 14.1. The summed E-state index contributed by atoms with van der Waals surface area (Å²) in [6.07, 6.45) is 0.545. The van der Waals surface area contributed by atoms with E-state index in [1.165, 1.54) is 4.88 Å². The Balaban J connectivity index is 2.31. The highest BCUT2D eigenvalue weighted by Crippen LogP contribution is 2.19. The van der Waals surface area contributed by atoms with Gasteiger partial charge in [-0.1, -0.05) is 5.16 Å². The molecule has 0 bridgehead atoms. The second kappa shape index (κ2) is 6.09. The molecule has 84 valence electrons. The van der Waals surface area contributed by atoms with Crippen molar-refractivity contribution in [2.75, 3.05) is 0 Å². The van der Waals surface area contributed by atoms with E-state index in [4.69, 9.17) is 10.9 Å². The maximum Gasteiger partial charge on any atom is 0.140 e. The van der Waals surface area contributed by atoms with Crippen molar-refractivity contribution in [1.29, 1.82) is 0 Å². The molecule has 0 aliphatic rings. The molecular weight excluding hydrogens is 278 g/mol. The summed E-state index contributed by atoms with van der Waals surface area (Å²) in [5.41, 5.74) is 5.40. The molecule has 0 radical (unpaired) electrons. The number of hydrogen-bond acceptors (Lipinski definition) is 4. The lowest BCUT2D eigenvalue weighted by Gasteiger charge is -2.11. The van der Waals surface area contributed by atoms with Crippen LogP contribution in [0, 0.1) is 0 Å². The molecule has 1 atom stereocenters. The Morgan fingerprint density at radius 2 is 2.53 bits per heavy atom. The summed E-state index contributed by atoms with van der Waals surface area (Å²) in [5.74, 6) is 0.252. The van der Waals surface area contributed by atoms with Crippen molar-refractivity contribution in [3.8, 4) is 0 Å². The van der Waals surface area contributed by atoms with Gasteiger partial charge in [-0.15, -0.1) is 11.3 Å². The van der Waals surface area contributed by atoms with Gasteiger partial charge in [0, 0.05) is 33.7 Å². The molecule has 0 fully saturated rings. The van der Waals surface area contributed by atoms with Crippen LogP contribution in [0.3, 0.4) is 0 Å². The number of halogens is 1. The van der Waals surface area contributed by atoms with E-state index < -0.39 is 0 Å². The largest absolute Gasteiger partial charge is 0.409 e. The van der Waals surface area contributed by atoms with Crippen LogP contribution in [0.5, 0.6) is 0 Å². The molecule has 0 aromatic carbocycles. The first-order valence-electron chi connectivity index (χ1n) is 4.54. The molecule has 1 aromatic rings. The highest BCUT2D eigenvalue weighted by atomic mass is 79.9. The molecule has 0 aliphatic carbocycles. The van der Waals surface area contributed by atoms with Crippen LogP contribution in [0.1, 0.15) is 18.2 Å². The fourth-order valence-electron chi connectivity index (χ4n) is 1.15. The van der Waals surface area contributed by atoms with Gasteiger partial charge in [0.1, 0.15) is 5.84 Å². The summed E-state index contributed by atoms with van der Waals surface area (Å²) in [6, 6.07) is 2.27. The predicted octanol–water partition coefficient (Wildman–Crippen LogP) is 2.13. The number of thiophene rings is 1. The molecule has 4 N–H and O–H groups in total. The SMILES string of the molecule is CC(CC(N)=NO)NCc1cc(Br)cs1. The van der Waals surface area contributed by atoms with Gasteiger partial charge in [-0.25, -0.2) is 0 Å². The number of oxime groups is 1. The Kier molecular flexibility index (Phi) is 5.07. The van der Waals surface area contributed by atoms with Gasteiger partial charge in [0.05, 0.1) is 0 Å². The Morgan fingerprint density at radius 3 is 3.07 bits per heavy atom. The van der Waals surface area contributed by atoms with Gasteiger partial charge in [0.15, 0.2) is 0 Å². The average molecular weight is 292 g/mol. The second-order valence-corrected chi connectivity index (χ2v) is 5.22. The summed E-state index contributed by atoms with van der Waals surface area (Å²) < 4.78 is 1.10. The molecule has 1 unspecified atom stereocenters. The number of hydrogen-bond donors (Lipinski definition) is 3. The monoisotopic (exact) mass is 291 g/mol. The molecule has 0 amide bonds. The molecule has 0 aliphatic heterocycles. The van der Waals surface area contributed by atoms with Crippen LogP contribution >= 0.6 is 27.3 Å². The van der Waals surface area contributed by atoms with E-state index in [1.807, 2.05) is 12.3 Å². The van der Waals surface area contributed by atoms with E-state index in [-0.39, 0.29) is 11.9 Å². The van der Waals surface area contributed by atoms with Gasteiger partial charge >= 0.3 is 0 Å². The number of nitrogens with two attached hydrogens (primary N) is 1. The third-order valence-electron chi connectivity index (χ3n) is 1.89. The molecule has 6 heteroatoms.